The molecule has 1 unspecified atom stereocenters. The van der Waals surface area contributed by atoms with E-state index in [9.17, 15) is 8.78 Å². The van der Waals surface area contributed by atoms with Crippen molar-refractivity contribution in [2.45, 2.75) is 45.6 Å². The molecule has 0 radical (unpaired) electrons. The average Bonchev–Trinajstić information content (AvgIpc) is 3.32. The molecule has 2 aromatic rings. The van der Waals surface area contributed by atoms with E-state index in [1.54, 1.807) is 4.90 Å². The maximum absolute atomic E-state index is 14.0. The van der Waals surface area contributed by atoms with Crippen LogP contribution in [0.1, 0.15) is 44.8 Å². The number of nitrogens with one attached hydrogen (secondary N) is 2. The van der Waals surface area contributed by atoms with Crippen molar-refractivity contribution in [3.63, 3.8) is 0 Å². The van der Waals surface area contributed by atoms with Crippen LogP contribution in [0.3, 0.4) is 0 Å². The zero-order valence-corrected chi connectivity index (χ0v) is 17.1. The van der Waals surface area contributed by atoms with Crippen molar-refractivity contribution in [2.24, 2.45) is 4.99 Å². The fourth-order valence-electron chi connectivity index (χ4n) is 3.25. The highest BCUT2D eigenvalue weighted by atomic mass is 19.1. The third kappa shape index (κ3) is 5.42. The summed E-state index contributed by atoms with van der Waals surface area (Å²) in [6, 6.07) is 3.99. The van der Waals surface area contributed by atoms with Gasteiger partial charge in [-0.3, -0.25) is 4.99 Å². The van der Waals surface area contributed by atoms with Crippen LogP contribution in [0.4, 0.5) is 14.5 Å². The number of aromatic nitrogens is 2. The van der Waals surface area contributed by atoms with E-state index in [0.29, 0.717) is 50.3 Å². The molecule has 3 rings (SSSR count). The van der Waals surface area contributed by atoms with Crippen molar-refractivity contribution >= 4 is 11.6 Å². The van der Waals surface area contributed by atoms with E-state index in [-0.39, 0.29) is 17.6 Å². The number of halogens is 2. The van der Waals surface area contributed by atoms with Crippen LogP contribution in [0.2, 0.25) is 0 Å². The quantitative estimate of drug-likeness (QED) is 0.544. The molecule has 9 heteroatoms. The van der Waals surface area contributed by atoms with Gasteiger partial charge < -0.3 is 20.1 Å². The molecular formula is C20H28F2N6O. The van der Waals surface area contributed by atoms with E-state index in [2.05, 4.69) is 25.8 Å². The summed E-state index contributed by atoms with van der Waals surface area (Å²) in [6.07, 6.45) is 1.31. The number of benzene rings is 1. The van der Waals surface area contributed by atoms with Gasteiger partial charge in [-0.25, -0.2) is 8.78 Å². The summed E-state index contributed by atoms with van der Waals surface area (Å²) < 4.78 is 33.3. The van der Waals surface area contributed by atoms with Gasteiger partial charge in [-0.2, -0.15) is 4.98 Å². The lowest BCUT2D eigenvalue weighted by Gasteiger charge is -2.21. The third-order valence-electron chi connectivity index (χ3n) is 4.72. The number of hydrogen-bond acceptors (Lipinski definition) is 5. The molecule has 0 saturated carbocycles. The Morgan fingerprint density at radius 2 is 2.10 bits per heavy atom. The van der Waals surface area contributed by atoms with Gasteiger partial charge in [0.1, 0.15) is 17.3 Å². The van der Waals surface area contributed by atoms with Crippen LogP contribution in [-0.2, 0) is 6.42 Å². The maximum Gasteiger partial charge on any atom is 0.228 e. The van der Waals surface area contributed by atoms with Gasteiger partial charge in [-0.1, -0.05) is 25.1 Å². The number of nitrogens with zero attached hydrogens (tertiary/aromatic N) is 4. The largest absolute Gasteiger partial charge is 0.365 e. The van der Waals surface area contributed by atoms with Crippen LogP contribution in [0.5, 0.6) is 0 Å². The Labute approximate surface area is 169 Å². The van der Waals surface area contributed by atoms with Crippen molar-refractivity contribution in [1.29, 1.82) is 0 Å². The molecule has 2 N–H and O–H groups in total. The molecule has 1 aliphatic rings. The molecule has 0 bridgehead atoms. The van der Waals surface area contributed by atoms with Crippen molar-refractivity contribution < 1.29 is 13.3 Å². The predicted molar refractivity (Wildman–Crippen MR) is 108 cm³/mol. The van der Waals surface area contributed by atoms with Crippen LogP contribution in [0, 0.1) is 11.6 Å². The Morgan fingerprint density at radius 3 is 2.76 bits per heavy atom. The normalized spacial score (nSPS) is 17.2. The SMILES string of the molecule is CCNC(=NCCc1nc(C(C)C)no1)NC1CCN(c2c(F)cccc2F)C1. The van der Waals surface area contributed by atoms with Crippen molar-refractivity contribution in [3.05, 3.63) is 41.5 Å². The zero-order chi connectivity index (χ0) is 20.8. The Hall–Kier alpha value is -2.71. The fourth-order valence-corrected chi connectivity index (χ4v) is 3.25. The second-order valence-electron chi connectivity index (χ2n) is 7.36. The Bertz CT molecular complexity index is 818. The van der Waals surface area contributed by atoms with E-state index in [0.717, 1.165) is 6.42 Å². The Kier molecular flexibility index (Phi) is 7.00. The highest BCUT2D eigenvalue weighted by Crippen LogP contribution is 2.26. The lowest BCUT2D eigenvalue weighted by Crippen LogP contribution is -2.44. The van der Waals surface area contributed by atoms with Crippen LogP contribution in [-0.4, -0.2) is 48.3 Å². The third-order valence-corrected chi connectivity index (χ3v) is 4.72. The molecule has 2 heterocycles. The number of para-hydroxylation sites is 1. The van der Waals surface area contributed by atoms with Crippen molar-refractivity contribution in [2.75, 3.05) is 31.1 Å². The van der Waals surface area contributed by atoms with Crippen molar-refractivity contribution in [3.8, 4) is 0 Å². The summed E-state index contributed by atoms with van der Waals surface area (Å²) in [7, 11) is 0. The molecular weight excluding hydrogens is 378 g/mol. The van der Waals surface area contributed by atoms with Gasteiger partial charge >= 0.3 is 0 Å². The minimum Gasteiger partial charge on any atom is -0.365 e. The minimum absolute atomic E-state index is 0.0380. The molecule has 1 aromatic heterocycles. The molecule has 29 heavy (non-hydrogen) atoms. The number of anilines is 1. The van der Waals surface area contributed by atoms with Gasteiger partial charge in [-0.15, -0.1) is 0 Å². The predicted octanol–water partition coefficient (Wildman–Crippen LogP) is 2.85. The number of aliphatic imine (C=N–C) groups is 1. The van der Waals surface area contributed by atoms with Crippen LogP contribution < -0.4 is 15.5 Å². The molecule has 1 saturated heterocycles. The van der Waals surface area contributed by atoms with E-state index in [4.69, 9.17) is 4.52 Å². The molecule has 1 aromatic carbocycles. The molecule has 0 aliphatic carbocycles. The first-order chi connectivity index (χ1) is 14.0. The van der Waals surface area contributed by atoms with Gasteiger partial charge in [0, 0.05) is 38.0 Å². The van der Waals surface area contributed by atoms with E-state index in [1.807, 2.05) is 20.8 Å². The number of rotatable bonds is 7. The van der Waals surface area contributed by atoms with Gasteiger partial charge in [-0.05, 0) is 25.5 Å². The second-order valence-corrected chi connectivity index (χ2v) is 7.36. The van der Waals surface area contributed by atoms with Gasteiger partial charge in [0.25, 0.3) is 0 Å². The summed E-state index contributed by atoms with van der Waals surface area (Å²) in [5, 5.41) is 10.5. The second kappa shape index (κ2) is 9.67. The minimum atomic E-state index is -0.536. The van der Waals surface area contributed by atoms with Crippen LogP contribution in [0.15, 0.2) is 27.7 Å². The van der Waals surface area contributed by atoms with E-state index in [1.165, 1.54) is 18.2 Å². The van der Waals surface area contributed by atoms with Crippen molar-refractivity contribution in [1.82, 2.24) is 20.8 Å². The topological polar surface area (TPSA) is 78.6 Å². The lowest BCUT2D eigenvalue weighted by molar-refractivity contribution is 0.372. The summed E-state index contributed by atoms with van der Waals surface area (Å²) in [4.78, 5) is 10.6. The first-order valence-corrected chi connectivity index (χ1v) is 10.0. The monoisotopic (exact) mass is 406 g/mol. The number of guanidine groups is 1. The highest BCUT2D eigenvalue weighted by Gasteiger charge is 2.27. The average molecular weight is 406 g/mol. The van der Waals surface area contributed by atoms with Gasteiger partial charge in [0.15, 0.2) is 11.8 Å². The van der Waals surface area contributed by atoms with Crippen LogP contribution >= 0.6 is 0 Å². The molecule has 1 atom stereocenters. The lowest BCUT2D eigenvalue weighted by atomic mass is 10.2. The molecule has 0 amide bonds. The van der Waals surface area contributed by atoms with E-state index >= 15 is 0 Å². The first-order valence-electron chi connectivity index (χ1n) is 10.0. The fraction of sp³-hybridized carbons (Fsp3) is 0.550. The molecule has 0 spiro atoms. The number of hydrogen-bond donors (Lipinski definition) is 2. The van der Waals surface area contributed by atoms with Crippen LogP contribution in [0.25, 0.3) is 0 Å². The summed E-state index contributed by atoms with van der Waals surface area (Å²) >= 11 is 0. The summed E-state index contributed by atoms with van der Waals surface area (Å²) in [6.45, 7) is 8.30. The standard InChI is InChI=1S/C20H28F2N6O/c1-4-23-20(24-10-8-17-26-19(13(2)3)27-29-17)25-14-9-11-28(12-14)18-15(21)6-5-7-16(18)22/h5-7,13-14H,4,8-12H2,1-3H3,(H2,23,24,25). The summed E-state index contributed by atoms with van der Waals surface area (Å²) in [5.41, 5.74) is 0.0380. The van der Waals surface area contributed by atoms with Gasteiger partial charge in [0.2, 0.25) is 5.89 Å². The Morgan fingerprint density at radius 1 is 1.34 bits per heavy atom. The van der Waals surface area contributed by atoms with Gasteiger partial charge in [0.05, 0.1) is 6.54 Å². The highest BCUT2D eigenvalue weighted by molar-refractivity contribution is 5.80. The molecule has 1 aliphatic heterocycles. The zero-order valence-electron chi connectivity index (χ0n) is 17.1. The first kappa shape index (κ1) is 21.0. The molecule has 7 nitrogen and oxygen atoms in total. The molecule has 158 valence electrons. The molecule has 1 fully saturated rings. The smallest absolute Gasteiger partial charge is 0.228 e. The summed E-state index contributed by atoms with van der Waals surface area (Å²) in [5.74, 6) is 1.07. The van der Waals surface area contributed by atoms with E-state index < -0.39 is 11.6 Å². The Balaban J connectivity index is 1.56. The maximum atomic E-state index is 14.0.